The molecule has 1 amide bonds. The molecule has 0 spiro atoms. The number of carbonyl (C=O) groups excluding carboxylic acids is 1. The van der Waals surface area contributed by atoms with Gasteiger partial charge in [-0.1, -0.05) is 18.8 Å². The van der Waals surface area contributed by atoms with E-state index < -0.39 is 29.2 Å². The molecule has 1 atom stereocenters. The Balaban J connectivity index is 1.60. The molecule has 0 aliphatic carbocycles. The quantitative estimate of drug-likeness (QED) is 0.481. The van der Waals surface area contributed by atoms with Crippen LogP contribution < -0.4 is 5.73 Å². The van der Waals surface area contributed by atoms with Crippen LogP contribution in [0.3, 0.4) is 0 Å². The van der Waals surface area contributed by atoms with Gasteiger partial charge >= 0.3 is 0 Å². The molecule has 8 nitrogen and oxygen atoms in total. The van der Waals surface area contributed by atoms with Crippen molar-refractivity contribution in [2.45, 2.75) is 32.8 Å². The Bertz CT molecular complexity index is 1340. The number of amides is 1. The number of nitrogens with two attached hydrogens (primary N) is 1. The number of benzene rings is 1. The van der Waals surface area contributed by atoms with E-state index in [1.807, 2.05) is 6.92 Å². The van der Waals surface area contributed by atoms with Crippen LogP contribution in [0.25, 0.3) is 11.3 Å². The zero-order valence-electron chi connectivity index (χ0n) is 21.4. The number of anilines is 1. The Morgan fingerprint density at radius 3 is 2.42 bits per heavy atom. The molecule has 1 aliphatic rings. The molecule has 1 aromatic carbocycles. The number of aryl methyl sites for hydroxylation is 1. The van der Waals surface area contributed by atoms with E-state index in [1.54, 1.807) is 19.1 Å². The van der Waals surface area contributed by atoms with E-state index in [1.165, 1.54) is 17.4 Å². The van der Waals surface area contributed by atoms with Gasteiger partial charge in [0.2, 0.25) is 0 Å². The summed E-state index contributed by atoms with van der Waals surface area (Å²) in [6.45, 7) is 6.19. The van der Waals surface area contributed by atoms with E-state index in [-0.39, 0.29) is 11.3 Å². The lowest BCUT2D eigenvalue weighted by Gasteiger charge is -2.35. The maximum atomic E-state index is 15.3. The first-order valence-electron chi connectivity index (χ1n) is 12.5. The van der Waals surface area contributed by atoms with E-state index in [4.69, 9.17) is 5.73 Å². The number of nitrogens with zero attached hydrogens (tertiary/aromatic N) is 5. The minimum absolute atomic E-state index is 0.163. The Morgan fingerprint density at radius 1 is 1.11 bits per heavy atom. The van der Waals surface area contributed by atoms with Crippen molar-refractivity contribution >= 4 is 11.7 Å². The number of aliphatic hydroxyl groups is 1. The van der Waals surface area contributed by atoms with Crippen LogP contribution >= 0.6 is 0 Å². The first-order valence-corrected chi connectivity index (χ1v) is 12.5. The molecule has 3 aromatic rings. The van der Waals surface area contributed by atoms with Crippen molar-refractivity contribution in [2.24, 2.45) is 0 Å². The molecule has 1 saturated heterocycles. The molecular formula is C28H30F2N6O2. The average Bonchev–Trinajstić information content (AvgIpc) is 2.91. The van der Waals surface area contributed by atoms with Gasteiger partial charge in [0, 0.05) is 50.0 Å². The Hall–Kier alpha value is -3.94. The van der Waals surface area contributed by atoms with Gasteiger partial charge in [-0.15, -0.1) is 0 Å². The summed E-state index contributed by atoms with van der Waals surface area (Å²) in [5.74, 6) is 3.76. The average molecular weight is 521 g/mol. The molecule has 1 unspecified atom stereocenters. The standard InChI is InChI=1S/C28H30F2N6O2/c1-3-24-21(6-4-19-5-7-25(31)32-16-19)27(34-17-33-24)20-14-22(29)26(23(30)15-20)28(38)36-12-10-35(11-13-36)9-8-18(2)37/h5,7,14-18,37H,3,8-13H2,1-2H3,(H2,31,32). The van der Waals surface area contributed by atoms with Gasteiger partial charge in [-0.2, -0.15) is 0 Å². The van der Waals surface area contributed by atoms with Crippen molar-refractivity contribution in [3.05, 3.63) is 70.8 Å². The first-order chi connectivity index (χ1) is 18.3. The van der Waals surface area contributed by atoms with Crippen LogP contribution in [0.1, 0.15) is 47.4 Å². The summed E-state index contributed by atoms with van der Waals surface area (Å²) in [5, 5.41) is 9.48. The third kappa shape index (κ3) is 6.30. The number of rotatable bonds is 6. The van der Waals surface area contributed by atoms with Crippen molar-refractivity contribution < 1.29 is 18.7 Å². The van der Waals surface area contributed by atoms with E-state index in [0.29, 0.717) is 68.2 Å². The van der Waals surface area contributed by atoms with Crippen LogP contribution in [0.4, 0.5) is 14.6 Å². The number of nitrogen functional groups attached to an aromatic ring is 1. The number of aliphatic hydroxyl groups excluding tert-OH is 1. The first kappa shape index (κ1) is 27.1. The van der Waals surface area contributed by atoms with Gasteiger partial charge in [0.05, 0.1) is 23.1 Å². The second-order valence-corrected chi connectivity index (χ2v) is 9.21. The van der Waals surface area contributed by atoms with Crippen molar-refractivity contribution in [3.63, 3.8) is 0 Å². The summed E-state index contributed by atoms with van der Waals surface area (Å²) in [4.78, 5) is 29.2. The maximum absolute atomic E-state index is 15.3. The lowest BCUT2D eigenvalue weighted by atomic mass is 10.0. The second kappa shape index (κ2) is 12.1. The monoisotopic (exact) mass is 520 g/mol. The van der Waals surface area contributed by atoms with Gasteiger partial charge in [0.15, 0.2) is 0 Å². The van der Waals surface area contributed by atoms with Gasteiger partial charge in [0.1, 0.15) is 29.3 Å². The highest BCUT2D eigenvalue weighted by molar-refractivity contribution is 5.95. The summed E-state index contributed by atoms with van der Waals surface area (Å²) < 4.78 is 30.5. The lowest BCUT2D eigenvalue weighted by Crippen LogP contribution is -2.49. The number of hydrogen-bond donors (Lipinski definition) is 2. The van der Waals surface area contributed by atoms with Gasteiger partial charge in [-0.25, -0.2) is 23.7 Å². The van der Waals surface area contributed by atoms with Crippen LogP contribution in [0.5, 0.6) is 0 Å². The van der Waals surface area contributed by atoms with Crippen LogP contribution in [0.15, 0.2) is 36.8 Å². The van der Waals surface area contributed by atoms with E-state index in [0.717, 1.165) is 12.1 Å². The summed E-state index contributed by atoms with van der Waals surface area (Å²) in [6, 6.07) is 5.58. The largest absolute Gasteiger partial charge is 0.393 e. The second-order valence-electron chi connectivity index (χ2n) is 9.21. The van der Waals surface area contributed by atoms with E-state index >= 15 is 8.78 Å². The van der Waals surface area contributed by atoms with Crippen molar-refractivity contribution in [1.29, 1.82) is 0 Å². The summed E-state index contributed by atoms with van der Waals surface area (Å²) in [5.41, 5.74) is 7.16. The molecule has 0 radical (unpaired) electrons. The smallest absolute Gasteiger partial charge is 0.259 e. The van der Waals surface area contributed by atoms with Crippen molar-refractivity contribution in [1.82, 2.24) is 24.8 Å². The number of piperazine rings is 1. The van der Waals surface area contributed by atoms with E-state index in [2.05, 4.69) is 31.7 Å². The van der Waals surface area contributed by atoms with Crippen LogP contribution in [0, 0.1) is 23.5 Å². The minimum Gasteiger partial charge on any atom is -0.393 e. The third-order valence-electron chi connectivity index (χ3n) is 6.43. The van der Waals surface area contributed by atoms with Crippen molar-refractivity contribution in [3.8, 4) is 23.1 Å². The molecule has 4 rings (SSSR count). The molecule has 1 aliphatic heterocycles. The van der Waals surface area contributed by atoms with Crippen molar-refractivity contribution in [2.75, 3.05) is 38.5 Å². The summed E-state index contributed by atoms with van der Waals surface area (Å²) in [7, 11) is 0. The zero-order valence-corrected chi connectivity index (χ0v) is 21.4. The van der Waals surface area contributed by atoms with Crippen LogP contribution in [0.2, 0.25) is 0 Å². The lowest BCUT2D eigenvalue weighted by molar-refractivity contribution is 0.0604. The molecule has 10 heteroatoms. The SMILES string of the molecule is CCc1ncnc(-c2cc(F)c(C(=O)N3CCN(CCC(C)O)CC3)c(F)c2)c1C#Cc1ccc(N)nc1. The molecule has 2 aromatic heterocycles. The molecule has 3 N–H and O–H groups in total. The highest BCUT2D eigenvalue weighted by atomic mass is 19.1. The Morgan fingerprint density at radius 2 is 1.82 bits per heavy atom. The van der Waals surface area contributed by atoms with Gasteiger partial charge in [-0.05, 0) is 44.0 Å². The Kier molecular flexibility index (Phi) is 8.61. The maximum Gasteiger partial charge on any atom is 0.259 e. The Labute approximate surface area is 220 Å². The van der Waals surface area contributed by atoms with Crippen LogP contribution in [-0.4, -0.2) is 74.6 Å². The summed E-state index contributed by atoms with van der Waals surface area (Å²) in [6.07, 6.45) is 3.62. The molecule has 1 fully saturated rings. The number of pyridine rings is 1. The third-order valence-corrected chi connectivity index (χ3v) is 6.43. The topological polar surface area (TPSA) is 108 Å². The van der Waals surface area contributed by atoms with Gasteiger partial charge in [-0.3, -0.25) is 9.69 Å². The normalized spacial score (nSPS) is 14.6. The molecule has 198 valence electrons. The molecule has 0 bridgehead atoms. The molecule has 38 heavy (non-hydrogen) atoms. The zero-order chi connectivity index (χ0) is 27.2. The predicted octanol–water partition coefficient (Wildman–Crippen LogP) is 2.89. The number of carbonyl (C=O) groups is 1. The van der Waals surface area contributed by atoms with Crippen LogP contribution in [-0.2, 0) is 6.42 Å². The highest BCUT2D eigenvalue weighted by Gasteiger charge is 2.28. The highest BCUT2D eigenvalue weighted by Crippen LogP contribution is 2.28. The number of aromatic nitrogens is 3. The fraction of sp³-hybridized carbons (Fsp3) is 0.357. The van der Waals surface area contributed by atoms with Gasteiger partial charge < -0.3 is 15.7 Å². The minimum atomic E-state index is -0.958. The fourth-order valence-electron chi connectivity index (χ4n) is 4.27. The fourth-order valence-corrected chi connectivity index (χ4v) is 4.27. The molecule has 0 saturated carbocycles. The summed E-state index contributed by atoms with van der Waals surface area (Å²) >= 11 is 0. The molecule has 3 heterocycles. The number of hydrogen-bond acceptors (Lipinski definition) is 7. The van der Waals surface area contributed by atoms with E-state index in [9.17, 15) is 9.90 Å². The number of halogens is 2. The van der Waals surface area contributed by atoms with Gasteiger partial charge in [0.25, 0.3) is 5.91 Å². The molecular weight excluding hydrogens is 490 g/mol. The predicted molar refractivity (Wildman–Crippen MR) is 140 cm³/mol.